The van der Waals surface area contributed by atoms with E-state index in [0.717, 1.165) is 17.5 Å². The van der Waals surface area contributed by atoms with Crippen molar-refractivity contribution in [1.29, 1.82) is 0 Å². The number of halogens is 2. The van der Waals surface area contributed by atoms with Gasteiger partial charge in [-0.2, -0.15) is 0 Å². The Hall–Kier alpha value is -3.27. The lowest BCUT2D eigenvalue weighted by atomic mass is 9.92. The van der Waals surface area contributed by atoms with Gasteiger partial charge in [-0.3, -0.25) is 10.1 Å². The van der Waals surface area contributed by atoms with Crippen LogP contribution >= 0.6 is 35.4 Å². The number of nitrogens with zero attached hydrogens (tertiary/aromatic N) is 2. The first-order chi connectivity index (χ1) is 17.3. The predicted molar refractivity (Wildman–Crippen MR) is 144 cm³/mol. The molecule has 0 spiro atoms. The SMILES string of the molecule is COc1cc2c(cc1OC)C(COc1ccc([N+](=O)[O-])cc1)N(C(=S)Nc1ccc(Cl)c(Cl)c1)CC2. The zero-order valence-corrected chi connectivity index (χ0v) is 21.8. The number of fused-ring (bicyclic) bond motifs is 1. The second kappa shape index (κ2) is 11.2. The van der Waals surface area contributed by atoms with Crippen molar-refractivity contribution in [2.45, 2.75) is 12.5 Å². The van der Waals surface area contributed by atoms with E-state index in [1.807, 2.05) is 17.0 Å². The first kappa shape index (κ1) is 25.8. The van der Waals surface area contributed by atoms with Crippen LogP contribution in [0.3, 0.4) is 0 Å². The molecule has 0 saturated carbocycles. The fraction of sp³-hybridized carbons (Fsp3) is 0.240. The van der Waals surface area contributed by atoms with E-state index in [2.05, 4.69) is 5.32 Å². The van der Waals surface area contributed by atoms with Crippen molar-refractivity contribution in [3.8, 4) is 17.2 Å². The molecule has 1 aliphatic heterocycles. The quantitative estimate of drug-likeness (QED) is 0.209. The average molecular weight is 548 g/mol. The third-order valence-corrected chi connectivity index (χ3v) is 6.97. The second-order valence-corrected chi connectivity index (χ2v) is 9.19. The Labute approximate surface area is 223 Å². The highest BCUT2D eigenvalue weighted by molar-refractivity contribution is 7.80. The summed E-state index contributed by atoms with van der Waals surface area (Å²) in [5.41, 5.74) is 2.79. The summed E-state index contributed by atoms with van der Waals surface area (Å²) in [6, 6.07) is 14.8. The van der Waals surface area contributed by atoms with Gasteiger partial charge in [0.2, 0.25) is 0 Å². The molecule has 8 nitrogen and oxygen atoms in total. The van der Waals surface area contributed by atoms with E-state index in [4.69, 9.17) is 49.6 Å². The molecule has 1 atom stereocenters. The Morgan fingerprint density at radius 1 is 1.08 bits per heavy atom. The van der Waals surface area contributed by atoms with Gasteiger partial charge in [-0.1, -0.05) is 23.2 Å². The largest absolute Gasteiger partial charge is 0.493 e. The van der Waals surface area contributed by atoms with Crippen LogP contribution in [0.1, 0.15) is 17.2 Å². The number of non-ortho nitro benzene ring substituents is 1. The number of benzene rings is 3. The molecular weight excluding hydrogens is 525 g/mol. The lowest BCUT2D eigenvalue weighted by Crippen LogP contribution is -2.44. The second-order valence-electron chi connectivity index (χ2n) is 7.99. The van der Waals surface area contributed by atoms with Gasteiger partial charge in [0.15, 0.2) is 16.6 Å². The predicted octanol–water partition coefficient (Wildman–Crippen LogP) is 6.29. The minimum atomic E-state index is -0.449. The van der Waals surface area contributed by atoms with E-state index in [1.54, 1.807) is 44.6 Å². The molecule has 0 aromatic heterocycles. The van der Waals surface area contributed by atoms with Crippen LogP contribution in [0, 0.1) is 10.1 Å². The minimum absolute atomic E-state index is 0.00387. The van der Waals surface area contributed by atoms with Crippen molar-refractivity contribution in [3.05, 3.63) is 85.9 Å². The molecule has 0 fully saturated rings. The van der Waals surface area contributed by atoms with Gasteiger partial charge in [0.1, 0.15) is 12.4 Å². The molecule has 3 aromatic carbocycles. The monoisotopic (exact) mass is 547 g/mol. The number of hydrogen-bond acceptors (Lipinski definition) is 6. The number of rotatable bonds is 7. The molecule has 0 amide bonds. The molecule has 1 N–H and O–H groups in total. The van der Waals surface area contributed by atoms with Crippen molar-refractivity contribution in [2.75, 3.05) is 32.7 Å². The number of nitrogens with one attached hydrogen (secondary N) is 1. The summed E-state index contributed by atoms with van der Waals surface area (Å²) in [6.07, 6.45) is 0.729. The third-order valence-electron chi connectivity index (χ3n) is 5.89. The molecule has 1 heterocycles. The molecule has 0 bridgehead atoms. The van der Waals surface area contributed by atoms with Crippen molar-refractivity contribution in [2.24, 2.45) is 0 Å². The summed E-state index contributed by atoms with van der Waals surface area (Å²) in [7, 11) is 3.19. The molecule has 1 unspecified atom stereocenters. The minimum Gasteiger partial charge on any atom is -0.493 e. The van der Waals surface area contributed by atoms with Gasteiger partial charge >= 0.3 is 0 Å². The molecule has 0 aliphatic carbocycles. The van der Waals surface area contributed by atoms with Gasteiger partial charge in [-0.25, -0.2) is 0 Å². The number of nitro groups is 1. The molecule has 4 rings (SSSR count). The highest BCUT2D eigenvalue weighted by Gasteiger charge is 2.31. The van der Waals surface area contributed by atoms with Crippen LogP contribution in [-0.2, 0) is 6.42 Å². The van der Waals surface area contributed by atoms with Crippen molar-refractivity contribution in [1.82, 2.24) is 4.90 Å². The van der Waals surface area contributed by atoms with Crippen molar-refractivity contribution >= 4 is 51.9 Å². The van der Waals surface area contributed by atoms with Gasteiger partial charge in [0, 0.05) is 24.4 Å². The Balaban J connectivity index is 1.63. The van der Waals surface area contributed by atoms with Crippen molar-refractivity contribution < 1.29 is 19.1 Å². The number of anilines is 1. The van der Waals surface area contributed by atoms with Crippen LogP contribution in [0.4, 0.5) is 11.4 Å². The van der Waals surface area contributed by atoms with Crippen LogP contribution in [0.25, 0.3) is 0 Å². The van der Waals surface area contributed by atoms with Crippen LogP contribution in [0.5, 0.6) is 17.2 Å². The normalized spacial score (nSPS) is 14.6. The van der Waals surface area contributed by atoms with E-state index in [1.165, 1.54) is 12.1 Å². The number of methoxy groups -OCH3 is 2. The molecule has 11 heteroatoms. The molecule has 0 radical (unpaired) electrons. The number of hydrogen-bond donors (Lipinski definition) is 1. The molecule has 188 valence electrons. The highest BCUT2D eigenvalue weighted by atomic mass is 35.5. The van der Waals surface area contributed by atoms with E-state index in [-0.39, 0.29) is 18.3 Å². The van der Waals surface area contributed by atoms with E-state index >= 15 is 0 Å². The lowest BCUT2D eigenvalue weighted by Gasteiger charge is -2.39. The summed E-state index contributed by atoms with van der Waals surface area (Å²) in [5.74, 6) is 1.76. The van der Waals surface area contributed by atoms with Crippen LogP contribution in [-0.4, -0.2) is 42.3 Å². The molecule has 36 heavy (non-hydrogen) atoms. The summed E-state index contributed by atoms with van der Waals surface area (Å²) >= 11 is 18.0. The van der Waals surface area contributed by atoms with Crippen LogP contribution in [0.15, 0.2) is 54.6 Å². The number of nitro benzene ring substituents is 1. The maximum Gasteiger partial charge on any atom is 0.269 e. The average Bonchev–Trinajstić information content (AvgIpc) is 2.88. The number of ether oxygens (including phenoxy) is 3. The molecule has 1 aliphatic rings. The molecule has 0 saturated heterocycles. The maximum atomic E-state index is 11.0. The summed E-state index contributed by atoms with van der Waals surface area (Å²) in [4.78, 5) is 12.6. The fourth-order valence-corrected chi connectivity index (χ4v) is 4.69. The zero-order valence-electron chi connectivity index (χ0n) is 19.5. The fourth-order valence-electron chi connectivity index (χ4n) is 4.06. The van der Waals surface area contributed by atoms with Gasteiger partial charge in [0.05, 0.1) is 35.2 Å². The first-order valence-corrected chi connectivity index (χ1v) is 12.1. The Kier molecular flexibility index (Phi) is 8.03. The van der Waals surface area contributed by atoms with Crippen LogP contribution in [0.2, 0.25) is 10.0 Å². The van der Waals surface area contributed by atoms with Gasteiger partial charge < -0.3 is 24.4 Å². The van der Waals surface area contributed by atoms with Crippen LogP contribution < -0.4 is 19.5 Å². The Morgan fingerprint density at radius 2 is 1.78 bits per heavy atom. The summed E-state index contributed by atoms with van der Waals surface area (Å²) in [5, 5.41) is 15.6. The Bertz CT molecular complexity index is 1290. The molecule has 3 aromatic rings. The topological polar surface area (TPSA) is 86.1 Å². The Morgan fingerprint density at radius 3 is 2.42 bits per heavy atom. The van der Waals surface area contributed by atoms with Gasteiger partial charge in [-0.15, -0.1) is 0 Å². The van der Waals surface area contributed by atoms with Gasteiger partial charge in [-0.05, 0) is 72.2 Å². The lowest BCUT2D eigenvalue weighted by molar-refractivity contribution is -0.384. The number of thiocarbonyl (C=S) groups is 1. The third kappa shape index (κ3) is 5.59. The van der Waals surface area contributed by atoms with E-state index in [0.29, 0.717) is 44.6 Å². The summed E-state index contributed by atoms with van der Waals surface area (Å²) < 4.78 is 17.1. The zero-order chi connectivity index (χ0) is 25.8. The summed E-state index contributed by atoms with van der Waals surface area (Å²) in [6.45, 7) is 0.868. The van der Waals surface area contributed by atoms with E-state index < -0.39 is 4.92 Å². The highest BCUT2D eigenvalue weighted by Crippen LogP contribution is 2.39. The smallest absolute Gasteiger partial charge is 0.269 e. The van der Waals surface area contributed by atoms with Gasteiger partial charge in [0.25, 0.3) is 5.69 Å². The van der Waals surface area contributed by atoms with Crippen molar-refractivity contribution in [3.63, 3.8) is 0 Å². The maximum absolute atomic E-state index is 11.0. The molecular formula is C25H23Cl2N3O5S. The van der Waals surface area contributed by atoms with E-state index in [9.17, 15) is 10.1 Å². The first-order valence-electron chi connectivity index (χ1n) is 11.0. The standard InChI is InChI=1S/C25H23Cl2N3O5S/c1-33-23-11-15-9-10-29(25(36)28-16-3-8-20(26)21(27)12-16)22(19(15)13-24(23)34-2)14-35-18-6-4-17(5-7-18)30(31)32/h3-8,11-13,22H,9-10,14H2,1-2H3,(H,28,36).